The van der Waals surface area contributed by atoms with Gasteiger partial charge in [0.05, 0.1) is 35.2 Å². The van der Waals surface area contributed by atoms with E-state index in [2.05, 4.69) is 21.4 Å². The molecule has 3 aromatic carbocycles. The summed E-state index contributed by atoms with van der Waals surface area (Å²) in [5, 5.41) is 23.5. The highest BCUT2D eigenvalue weighted by Gasteiger charge is 2.33. The molecule has 2 aromatic heterocycles. The molecule has 1 atom stereocenters. The van der Waals surface area contributed by atoms with Crippen LogP contribution in [0.2, 0.25) is 0 Å². The molecule has 0 saturated carbocycles. The van der Waals surface area contributed by atoms with E-state index >= 15 is 0 Å². The second-order valence-corrected chi connectivity index (χ2v) is 10.8. The van der Waals surface area contributed by atoms with Crippen molar-refractivity contribution in [2.45, 2.75) is 25.9 Å². The smallest absolute Gasteiger partial charge is 0.416 e. The van der Waals surface area contributed by atoms with E-state index in [1.807, 2.05) is 19.9 Å². The Balaban J connectivity index is 1.08. The molecule has 5 aromatic rings. The number of rotatable bonds is 8. The molecule has 1 N–H and O–H groups in total. The van der Waals surface area contributed by atoms with Gasteiger partial charge in [0.1, 0.15) is 17.4 Å². The standard InChI is InChI=1S/C33H26N6O6/c1-19(2)26-13-20(15-34)14-27-30(26)45-32(37-27)22-9-7-21(8-10-22)31(40)36-17-24-18-38(33(41)44-24)29-12-11-23(16-35-29)25-5-3-4-6-28(25)39(42)43/h3-14,16,19,24H,17-18H2,1-2H3,(H,36,40). The first-order valence-corrected chi connectivity index (χ1v) is 14.1. The van der Waals surface area contributed by atoms with Crippen molar-refractivity contribution in [3.63, 3.8) is 0 Å². The summed E-state index contributed by atoms with van der Waals surface area (Å²) >= 11 is 0. The second kappa shape index (κ2) is 11.9. The van der Waals surface area contributed by atoms with Gasteiger partial charge in [-0.2, -0.15) is 5.26 Å². The Morgan fingerprint density at radius 1 is 1.13 bits per heavy atom. The number of cyclic esters (lactones) is 1. The van der Waals surface area contributed by atoms with Gasteiger partial charge in [0.2, 0.25) is 5.89 Å². The fourth-order valence-electron chi connectivity index (χ4n) is 5.15. The van der Waals surface area contributed by atoms with Gasteiger partial charge >= 0.3 is 6.09 Å². The summed E-state index contributed by atoms with van der Waals surface area (Å²) in [5.41, 5.74) is 4.64. The lowest BCUT2D eigenvalue weighted by atomic mass is 10.00. The van der Waals surface area contributed by atoms with Crippen molar-refractivity contribution >= 4 is 34.6 Å². The normalized spacial score (nSPS) is 14.4. The molecule has 3 heterocycles. The number of carbonyl (C=O) groups is 2. The van der Waals surface area contributed by atoms with Crippen LogP contribution in [0.4, 0.5) is 16.3 Å². The predicted molar refractivity (Wildman–Crippen MR) is 165 cm³/mol. The maximum atomic E-state index is 12.9. The van der Waals surface area contributed by atoms with E-state index in [1.54, 1.807) is 60.7 Å². The molecular formula is C33H26N6O6. The quantitative estimate of drug-likeness (QED) is 0.160. The molecule has 1 aliphatic heterocycles. The van der Waals surface area contributed by atoms with Gasteiger partial charge in [-0.3, -0.25) is 19.8 Å². The summed E-state index contributed by atoms with van der Waals surface area (Å²) < 4.78 is 11.5. The van der Waals surface area contributed by atoms with Crippen LogP contribution in [0.15, 0.2) is 83.4 Å². The number of para-hydroxylation sites is 1. The molecule has 0 bridgehead atoms. The van der Waals surface area contributed by atoms with Crippen molar-refractivity contribution in [1.29, 1.82) is 5.26 Å². The molecule has 1 unspecified atom stereocenters. The molecule has 12 heteroatoms. The number of ether oxygens (including phenoxy) is 1. The maximum Gasteiger partial charge on any atom is 0.416 e. The number of pyridine rings is 1. The summed E-state index contributed by atoms with van der Waals surface area (Å²) in [6.07, 6.45) is 0.258. The molecule has 0 spiro atoms. The van der Waals surface area contributed by atoms with Crippen LogP contribution in [0.5, 0.6) is 0 Å². The van der Waals surface area contributed by atoms with Gasteiger partial charge in [-0.05, 0) is 60.5 Å². The number of hydrogen-bond donors (Lipinski definition) is 1. The zero-order chi connectivity index (χ0) is 31.7. The Bertz CT molecular complexity index is 1980. The lowest BCUT2D eigenvalue weighted by Crippen LogP contribution is -2.34. The minimum atomic E-state index is -0.606. The molecule has 0 radical (unpaired) electrons. The summed E-state index contributed by atoms with van der Waals surface area (Å²) in [6.45, 7) is 4.29. The van der Waals surface area contributed by atoms with E-state index in [0.717, 1.165) is 5.56 Å². The van der Waals surface area contributed by atoms with E-state index in [4.69, 9.17) is 9.15 Å². The van der Waals surface area contributed by atoms with Crippen LogP contribution in [-0.4, -0.2) is 46.1 Å². The number of amides is 2. The molecule has 6 rings (SSSR count). The summed E-state index contributed by atoms with van der Waals surface area (Å²) in [5.74, 6) is 0.508. The lowest BCUT2D eigenvalue weighted by Gasteiger charge is -2.13. The van der Waals surface area contributed by atoms with Crippen molar-refractivity contribution in [2.75, 3.05) is 18.0 Å². The van der Waals surface area contributed by atoms with E-state index in [9.17, 15) is 25.0 Å². The molecular weight excluding hydrogens is 576 g/mol. The number of carbonyl (C=O) groups excluding carboxylic acids is 2. The van der Waals surface area contributed by atoms with Crippen LogP contribution < -0.4 is 10.2 Å². The SMILES string of the molecule is CC(C)c1cc(C#N)cc2nc(-c3ccc(C(=O)NCC4CN(c5ccc(-c6ccccc6[N+](=O)[O-])cn5)C(=O)O4)cc3)oc12. The van der Waals surface area contributed by atoms with Crippen LogP contribution in [-0.2, 0) is 4.74 Å². The lowest BCUT2D eigenvalue weighted by molar-refractivity contribution is -0.384. The zero-order valence-corrected chi connectivity index (χ0v) is 24.3. The molecule has 224 valence electrons. The highest BCUT2D eigenvalue weighted by molar-refractivity contribution is 5.95. The number of nitro benzene ring substituents is 1. The van der Waals surface area contributed by atoms with Crippen LogP contribution in [0.1, 0.15) is 41.3 Å². The Kier molecular flexibility index (Phi) is 7.66. The van der Waals surface area contributed by atoms with Gasteiger partial charge in [-0.25, -0.2) is 14.8 Å². The van der Waals surface area contributed by atoms with Crippen molar-refractivity contribution in [2.24, 2.45) is 0 Å². The fourth-order valence-corrected chi connectivity index (χ4v) is 5.15. The van der Waals surface area contributed by atoms with Crippen LogP contribution in [0.3, 0.4) is 0 Å². The minimum Gasteiger partial charge on any atom is -0.442 e. The average Bonchev–Trinajstić information content (AvgIpc) is 3.66. The Labute approximate surface area is 257 Å². The Morgan fingerprint density at radius 3 is 2.58 bits per heavy atom. The van der Waals surface area contributed by atoms with Gasteiger partial charge in [-0.15, -0.1) is 0 Å². The van der Waals surface area contributed by atoms with Crippen LogP contribution in [0, 0.1) is 21.4 Å². The minimum absolute atomic E-state index is 0.0420. The monoisotopic (exact) mass is 602 g/mol. The molecule has 12 nitrogen and oxygen atoms in total. The number of nitro groups is 1. The predicted octanol–water partition coefficient (Wildman–Crippen LogP) is 6.22. The number of benzene rings is 3. The number of nitriles is 1. The number of oxazole rings is 1. The van der Waals surface area contributed by atoms with Gasteiger partial charge in [0, 0.05) is 34.5 Å². The van der Waals surface area contributed by atoms with E-state index in [1.165, 1.54) is 17.2 Å². The number of nitrogens with one attached hydrogen (secondary N) is 1. The molecule has 1 saturated heterocycles. The van der Waals surface area contributed by atoms with E-state index in [0.29, 0.717) is 50.6 Å². The van der Waals surface area contributed by atoms with E-state index < -0.39 is 17.1 Å². The second-order valence-electron chi connectivity index (χ2n) is 10.8. The number of aromatic nitrogens is 2. The van der Waals surface area contributed by atoms with Crippen molar-refractivity contribution in [3.8, 4) is 28.7 Å². The van der Waals surface area contributed by atoms with Crippen LogP contribution in [0.25, 0.3) is 33.7 Å². The highest BCUT2D eigenvalue weighted by atomic mass is 16.6. The van der Waals surface area contributed by atoms with Crippen LogP contribution >= 0.6 is 0 Å². The van der Waals surface area contributed by atoms with Gasteiger partial charge < -0.3 is 14.5 Å². The van der Waals surface area contributed by atoms with E-state index in [-0.39, 0.29) is 30.6 Å². The number of fused-ring (bicyclic) bond motifs is 1. The van der Waals surface area contributed by atoms with Gasteiger partial charge in [-0.1, -0.05) is 26.0 Å². The third-order valence-corrected chi connectivity index (χ3v) is 7.46. The number of anilines is 1. The van der Waals surface area contributed by atoms with Gasteiger partial charge in [0.15, 0.2) is 5.58 Å². The van der Waals surface area contributed by atoms with Crippen molar-refractivity contribution in [3.05, 3.63) is 106 Å². The third kappa shape index (κ3) is 5.79. The first kappa shape index (κ1) is 29.0. The average molecular weight is 603 g/mol. The molecule has 0 aliphatic carbocycles. The third-order valence-electron chi connectivity index (χ3n) is 7.46. The Morgan fingerprint density at radius 2 is 1.89 bits per heavy atom. The van der Waals surface area contributed by atoms with Crippen molar-refractivity contribution < 1.29 is 23.7 Å². The summed E-state index contributed by atoms with van der Waals surface area (Å²) in [4.78, 5) is 46.6. The Hall–Kier alpha value is -6.09. The molecule has 1 fully saturated rings. The highest BCUT2D eigenvalue weighted by Crippen LogP contribution is 2.32. The maximum absolute atomic E-state index is 12.9. The topological polar surface area (TPSA) is 164 Å². The molecule has 2 amide bonds. The first-order chi connectivity index (χ1) is 21.7. The number of nitrogens with zero attached hydrogens (tertiary/aromatic N) is 5. The van der Waals surface area contributed by atoms with Gasteiger partial charge in [0.25, 0.3) is 11.6 Å². The molecule has 45 heavy (non-hydrogen) atoms. The first-order valence-electron chi connectivity index (χ1n) is 14.1. The fraction of sp³-hybridized carbons (Fsp3) is 0.182. The zero-order valence-electron chi connectivity index (χ0n) is 24.3. The largest absolute Gasteiger partial charge is 0.442 e. The molecule has 1 aliphatic rings. The summed E-state index contributed by atoms with van der Waals surface area (Å²) in [7, 11) is 0. The summed E-state index contributed by atoms with van der Waals surface area (Å²) in [6, 6.07) is 22.0. The number of hydrogen-bond acceptors (Lipinski definition) is 9. The van der Waals surface area contributed by atoms with Crippen molar-refractivity contribution in [1.82, 2.24) is 15.3 Å².